The number of carbonyl (C=O) groups is 1. The van der Waals surface area contributed by atoms with Crippen molar-refractivity contribution in [1.82, 2.24) is 24.7 Å². The molecule has 0 unspecified atom stereocenters. The van der Waals surface area contributed by atoms with Gasteiger partial charge in [-0.15, -0.1) is 10.2 Å². The van der Waals surface area contributed by atoms with E-state index >= 15 is 0 Å². The minimum absolute atomic E-state index is 0.0995. The van der Waals surface area contributed by atoms with Crippen LogP contribution in [-0.2, 0) is 11.3 Å². The number of fused-ring (bicyclic) bond motifs is 3. The number of hydrogen-bond donors (Lipinski definition) is 0. The molecule has 0 atom stereocenters. The van der Waals surface area contributed by atoms with Crippen molar-refractivity contribution in [2.24, 2.45) is 0 Å². The maximum atomic E-state index is 12.5. The van der Waals surface area contributed by atoms with Gasteiger partial charge >= 0.3 is 0 Å². The van der Waals surface area contributed by atoms with Crippen molar-refractivity contribution in [2.45, 2.75) is 20.4 Å². The fourth-order valence-electron chi connectivity index (χ4n) is 3.24. The second kappa shape index (κ2) is 7.23. The highest BCUT2D eigenvalue weighted by atomic mass is 16.2. The van der Waals surface area contributed by atoms with Gasteiger partial charge in [-0.1, -0.05) is 48.0 Å². The summed E-state index contributed by atoms with van der Waals surface area (Å²) in [4.78, 5) is 14.2. The number of likely N-dealkylation sites (N-methyl/N-ethyl adjacent to an activating group) is 1. The second-order valence-electron chi connectivity index (χ2n) is 6.98. The Kier molecular flexibility index (Phi) is 4.61. The van der Waals surface area contributed by atoms with Crippen LogP contribution in [0.1, 0.15) is 22.5 Å². The highest BCUT2D eigenvalue weighted by Crippen LogP contribution is 2.18. The molecule has 2 aromatic carbocycles. The van der Waals surface area contributed by atoms with Crippen LogP contribution in [0.15, 0.2) is 54.7 Å². The molecule has 4 aromatic rings. The number of amides is 1. The van der Waals surface area contributed by atoms with E-state index < -0.39 is 0 Å². The van der Waals surface area contributed by atoms with E-state index in [2.05, 4.69) is 47.3 Å². The highest BCUT2D eigenvalue weighted by molar-refractivity contribution is 5.94. The maximum Gasteiger partial charge on any atom is 0.246 e. The largest absolute Gasteiger partial charge is 0.338 e. The first-order valence-electron chi connectivity index (χ1n) is 9.11. The van der Waals surface area contributed by atoms with E-state index in [9.17, 15) is 4.79 Å². The molecule has 0 bridgehead atoms. The Hall–Kier alpha value is -3.54. The fourth-order valence-corrected chi connectivity index (χ4v) is 3.24. The first-order valence-corrected chi connectivity index (χ1v) is 9.11. The smallest absolute Gasteiger partial charge is 0.246 e. The van der Waals surface area contributed by atoms with Crippen LogP contribution >= 0.6 is 0 Å². The van der Waals surface area contributed by atoms with Crippen molar-refractivity contribution in [1.29, 1.82) is 0 Å². The summed E-state index contributed by atoms with van der Waals surface area (Å²) in [5.74, 6) is 0.423. The predicted octanol–water partition coefficient (Wildman–Crippen LogP) is 3.57. The first-order chi connectivity index (χ1) is 13.5. The molecule has 28 heavy (non-hydrogen) atoms. The third kappa shape index (κ3) is 3.36. The van der Waals surface area contributed by atoms with Gasteiger partial charge in [-0.05, 0) is 31.1 Å². The van der Waals surface area contributed by atoms with Crippen LogP contribution in [0.4, 0.5) is 0 Å². The molecule has 0 saturated heterocycles. The lowest BCUT2D eigenvalue weighted by atomic mass is 10.1. The molecule has 0 aliphatic heterocycles. The molecule has 6 heteroatoms. The van der Waals surface area contributed by atoms with Gasteiger partial charge in [0.05, 0.1) is 6.20 Å². The van der Waals surface area contributed by atoms with Gasteiger partial charge in [-0.25, -0.2) is 0 Å². The minimum Gasteiger partial charge on any atom is -0.338 e. The molecule has 6 nitrogen and oxygen atoms in total. The third-order valence-corrected chi connectivity index (χ3v) is 4.84. The molecule has 0 spiro atoms. The van der Waals surface area contributed by atoms with Crippen LogP contribution in [0.2, 0.25) is 0 Å². The molecule has 0 fully saturated rings. The summed E-state index contributed by atoms with van der Waals surface area (Å²) in [5, 5.41) is 14.8. The zero-order chi connectivity index (χ0) is 19.7. The number of nitrogens with zero attached hydrogens (tertiary/aromatic N) is 5. The predicted molar refractivity (Wildman–Crippen MR) is 110 cm³/mol. The van der Waals surface area contributed by atoms with Gasteiger partial charge in [0.2, 0.25) is 5.91 Å². The van der Waals surface area contributed by atoms with Crippen molar-refractivity contribution in [2.75, 3.05) is 7.05 Å². The number of aromatic nitrogens is 4. The summed E-state index contributed by atoms with van der Waals surface area (Å²) in [7, 11) is 1.79. The SMILES string of the molecule is Cc1ccc(CN(C)C(=O)C=Cc2nnc3c4ccccc4cnn23)c(C)c1. The van der Waals surface area contributed by atoms with Crippen molar-refractivity contribution in [3.8, 4) is 0 Å². The maximum absolute atomic E-state index is 12.5. The average molecular weight is 371 g/mol. The lowest BCUT2D eigenvalue weighted by Gasteiger charge is -2.17. The van der Waals surface area contributed by atoms with Crippen molar-refractivity contribution >= 4 is 28.4 Å². The molecular formula is C22H21N5O. The van der Waals surface area contributed by atoms with Gasteiger partial charge < -0.3 is 4.90 Å². The van der Waals surface area contributed by atoms with Gasteiger partial charge in [0, 0.05) is 30.4 Å². The lowest BCUT2D eigenvalue weighted by molar-refractivity contribution is -0.125. The average Bonchev–Trinajstić information content (AvgIpc) is 3.11. The van der Waals surface area contributed by atoms with Crippen LogP contribution in [-0.4, -0.2) is 37.7 Å². The van der Waals surface area contributed by atoms with E-state index in [0.29, 0.717) is 18.0 Å². The van der Waals surface area contributed by atoms with Gasteiger partial charge in [-0.2, -0.15) is 9.61 Å². The zero-order valence-corrected chi connectivity index (χ0v) is 16.1. The molecule has 2 heterocycles. The zero-order valence-electron chi connectivity index (χ0n) is 16.1. The Morgan fingerprint density at radius 1 is 1.14 bits per heavy atom. The molecule has 140 valence electrons. The highest BCUT2D eigenvalue weighted by Gasteiger charge is 2.10. The standard InChI is InChI=1S/C22H21N5O/c1-15-8-9-18(16(2)12-15)14-26(3)21(28)11-10-20-24-25-22-19-7-5-4-6-17(19)13-23-27(20)22/h4-13H,14H2,1-3H3. The van der Waals surface area contributed by atoms with E-state index in [0.717, 1.165) is 16.3 Å². The third-order valence-electron chi connectivity index (χ3n) is 4.84. The quantitative estimate of drug-likeness (QED) is 0.515. The van der Waals surface area contributed by atoms with Crippen LogP contribution < -0.4 is 0 Å². The number of aryl methyl sites for hydroxylation is 2. The molecule has 0 aliphatic rings. The lowest BCUT2D eigenvalue weighted by Crippen LogP contribution is -2.24. The molecule has 0 N–H and O–H groups in total. The molecular weight excluding hydrogens is 350 g/mol. The topological polar surface area (TPSA) is 63.4 Å². The number of rotatable bonds is 4. The molecule has 0 saturated carbocycles. The number of benzene rings is 2. The van der Waals surface area contributed by atoms with Gasteiger partial charge in [0.1, 0.15) is 0 Å². The second-order valence-corrected chi connectivity index (χ2v) is 6.98. The minimum atomic E-state index is -0.0995. The van der Waals surface area contributed by atoms with E-state index in [1.807, 2.05) is 24.3 Å². The monoisotopic (exact) mass is 371 g/mol. The summed E-state index contributed by atoms with van der Waals surface area (Å²) in [5.41, 5.74) is 4.21. The molecule has 0 radical (unpaired) electrons. The van der Waals surface area contributed by atoms with Crippen LogP contribution in [0, 0.1) is 13.8 Å². The fraction of sp³-hybridized carbons (Fsp3) is 0.182. The summed E-state index contributed by atoms with van der Waals surface area (Å²) in [6.07, 6.45) is 4.94. The Morgan fingerprint density at radius 3 is 2.79 bits per heavy atom. The Morgan fingerprint density at radius 2 is 1.96 bits per heavy atom. The van der Waals surface area contributed by atoms with E-state index in [1.165, 1.54) is 17.2 Å². The molecule has 4 rings (SSSR count). The van der Waals surface area contributed by atoms with Crippen LogP contribution in [0.25, 0.3) is 22.5 Å². The van der Waals surface area contributed by atoms with Gasteiger partial charge in [0.15, 0.2) is 11.5 Å². The van der Waals surface area contributed by atoms with Crippen molar-refractivity contribution < 1.29 is 4.79 Å². The first kappa shape index (κ1) is 17.9. The Bertz CT molecular complexity index is 1210. The molecule has 2 aromatic heterocycles. The van der Waals surface area contributed by atoms with E-state index in [-0.39, 0.29) is 5.91 Å². The molecule has 0 aliphatic carbocycles. The number of carbonyl (C=O) groups excluding carboxylic acids is 1. The summed E-state index contributed by atoms with van der Waals surface area (Å²) in [6, 6.07) is 14.1. The Labute approximate surface area is 163 Å². The summed E-state index contributed by atoms with van der Waals surface area (Å²) in [6.45, 7) is 4.68. The summed E-state index contributed by atoms with van der Waals surface area (Å²) >= 11 is 0. The number of hydrogen-bond acceptors (Lipinski definition) is 4. The van der Waals surface area contributed by atoms with Crippen molar-refractivity contribution in [3.05, 3.63) is 77.3 Å². The van der Waals surface area contributed by atoms with Gasteiger partial charge in [0.25, 0.3) is 0 Å². The normalized spacial score (nSPS) is 11.5. The van der Waals surface area contributed by atoms with Crippen LogP contribution in [0.3, 0.4) is 0 Å². The van der Waals surface area contributed by atoms with E-state index in [1.54, 1.807) is 28.7 Å². The molecule has 1 amide bonds. The van der Waals surface area contributed by atoms with Crippen molar-refractivity contribution in [3.63, 3.8) is 0 Å². The Balaban J connectivity index is 1.55. The van der Waals surface area contributed by atoms with Crippen LogP contribution in [0.5, 0.6) is 0 Å². The summed E-state index contributed by atoms with van der Waals surface area (Å²) < 4.78 is 1.65. The van der Waals surface area contributed by atoms with E-state index in [4.69, 9.17) is 0 Å². The van der Waals surface area contributed by atoms with Gasteiger partial charge in [-0.3, -0.25) is 4.79 Å².